The summed E-state index contributed by atoms with van der Waals surface area (Å²) in [5.74, 6) is 0.830. The minimum atomic E-state index is -0.0260. The second-order valence-electron chi connectivity index (χ2n) is 6.67. The number of aromatic nitrogens is 1. The Bertz CT molecular complexity index is 981. The molecule has 2 heterocycles. The Labute approximate surface area is 168 Å². The van der Waals surface area contributed by atoms with Crippen LogP contribution in [0.3, 0.4) is 0 Å². The Kier molecular flexibility index (Phi) is 4.96. The number of nitrogens with zero attached hydrogens (tertiary/aromatic N) is 3. The van der Waals surface area contributed by atoms with Crippen LogP contribution in [0, 0.1) is 0 Å². The monoisotopic (exact) mass is 399 g/mol. The summed E-state index contributed by atoms with van der Waals surface area (Å²) in [6, 6.07) is 16.6. The molecule has 1 aromatic heterocycles. The highest BCUT2D eigenvalue weighted by molar-refractivity contribution is 6.30. The average Bonchev–Trinajstić information content (AvgIpc) is 3.02. The van der Waals surface area contributed by atoms with Gasteiger partial charge in [0, 0.05) is 37.3 Å². The van der Waals surface area contributed by atoms with Crippen LogP contribution in [-0.2, 0) is 0 Å². The van der Waals surface area contributed by atoms with Crippen molar-refractivity contribution in [3.63, 3.8) is 0 Å². The third-order valence-electron chi connectivity index (χ3n) is 5.05. The third-order valence-corrected chi connectivity index (χ3v) is 5.28. The zero-order valence-corrected chi connectivity index (χ0v) is 16.3. The first-order chi connectivity index (χ1) is 13.6. The molecule has 4 rings (SSSR count). The molecule has 6 nitrogen and oxygen atoms in total. The molecular weight excluding hydrogens is 378 g/mol. The average molecular weight is 400 g/mol. The first-order valence-corrected chi connectivity index (χ1v) is 9.49. The number of piperazine rings is 1. The van der Waals surface area contributed by atoms with Crippen LogP contribution in [-0.4, -0.2) is 48.1 Å². The van der Waals surface area contributed by atoms with E-state index in [2.05, 4.69) is 9.80 Å². The van der Waals surface area contributed by atoms with Gasteiger partial charge in [-0.05, 0) is 30.3 Å². The number of hydrogen-bond donors (Lipinski definition) is 2. The summed E-state index contributed by atoms with van der Waals surface area (Å²) in [7, 11) is 1.68. The van der Waals surface area contributed by atoms with E-state index in [1.165, 1.54) is 4.57 Å². The van der Waals surface area contributed by atoms with Crippen molar-refractivity contribution in [1.29, 1.82) is 0 Å². The Morgan fingerprint density at radius 1 is 0.857 bits per heavy atom. The molecule has 1 fully saturated rings. The Balaban J connectivity index is 1.55. The fraction of sp³-hybridized carbons (Fsp3) is 0.238. The van der Waals surface area contributed by atoms with E-state index in [1.807, 2.05) is 24.3 Å². The summed E-state index contributed by atoms with van der Waals surface area (Å²) in [6.07, 6.45) is 0. The van der Waals surface area contributed by atoms with Crippen LogP contribution >= 0.6 is 11.6 Å². The number of aromatic hydroxyl groups is 2. The molecule has 0 atom stereocenters. The number of para-hydroxylation sites is 2. The van der Waals surface area contributed by atoms with Crippen molar-refractivity contribution in [1.82, 2.24) is 4.57 Å². The maximum absolute atomic E-state index is 10.8. The lowest BCUT2D eigenvalue weighted by Gasteiger charge is -2.37. The van der Waals surface area contributed by atoms with Crippen LogP contribution in [0.5, 0.6) is 17.5 Å². The third kappa shape index (κ3) is 3.31. The van der Waals surface area contributed by atoms with Gasteiger partial charge in [-0.3, -0.25) is 0 Å². The molecule has 2 aromatic carbocycles. The van der Waals surface area contributed by atoms with Gasteiger partial charge in [-0.2, -0.15) is 0 Å². The van der Waals surface area contributed by atoms with E-state index in [0.29, 0.717) is 29.5 Å². The van der Waals surface area contributed by atoms with Crippen molar-refractivity contribution >= 4 is 23.0 Å². The highest BCUT2D eigenvalue weighted by Crippen LogP contribution is 2.39. The maximum Gasteiger partial charge on any atom is 0.223 e. The summed E-state index contributed by atoms with van der Waals surface area (Å²) in [5, 5.41) is 21.7. The molecule has 7 heteroatoms. The molecule has 0 unspecified atom stereocenters. The van der Waals surface area contributed by atoms with Gasteiger partial charge in [-0.25, -0.2) is 4.57 Å². The molecular formula is C21H22ClN3O3. The molecule has 0 spiro atoms. The van der Waals surface area contributed by atoms with Gasteiger partial charge in [0.15, 0.2) is 0 Å². The van der Waals surface area contributed by atoms with Crippen LogP contribution in [0.2, 0.25) is 5.02 Å². The fourth-order valence-electron chi connectivity index (χ4n) is 3.66. The molecule has 0 radical (unpaired) electrons. The van der Waals surface area contributed by atoms with E-state index in [9.17, 15) is 10.2 Å². The lowest BCUT2D eigenvalue weighted by Crippen LogP contribution is -2.46. The zero-order valence-electron chi connectivity index (χ0n) is 15.5. The first-order valence-electron chi connectivity index (χ1n) is 9.11. The predicted octanol–water partition coefficient (Wildman–Crippen LogP) is 3.88. The summed E-state index contributed by atoms with van der Waals surface area (Å²) in [5.41, 5.74) is 2.28. The SMILES string of the molecule is COc1ccccc1N1CCN(c2cc(O)n(-c3cccc(Cl)c3)c2O)CC1. The number of ether oxygens (including phenoxy) is 1. The van der Waals surface area contributed by atoms with Crippen molar-refractivity contribution in [2.75, 3.05) is 43.1 Å². The van der Waals surface area contributed by atoms with E-state index in [4.69, 9.17) is 16.3 Å². The van der Waals surface area contributed by atoms with Crippen molar-refractivity contribution < 1.29 is 14.9 Å². The van der Waals surface area contributed by atoms with Gasteiger partial charge in [0.05, 0.1) is 18.5 Å². The van der Waals surface area contributed by atoms with Gasteiger partial charge >= 0.3 is 0 Å². The van der Waals surface area contributed by atoms with Gasteiger partial charge in [-0.15, -0.1) is 0 Å². The van der Waals surface area contributed by atoms with Crippen LogP contribution in [0.1, 0.15) is 0 Å². The predicted molar refractivity (Wildman–Crippen MR) is 112 cm³/mol. The van der Waals surface area contributed by atoms with Gasteiger partial charge < -0.3 is 24.7 Å². The smallest absolute Gasteiger partial charge is 0.223 e. The quantitative estimate of drug-likeness (QED) is 0.697. The largest absolute Gasteiger partial charge is 0.495 e. The maximum atomic E-state index is 10.8. The van der Waals surface area contributed by atoms with Gasteiger partial charge in [0.25, 0.3) is 0 Å². The fourth-order valence-corrected chi connectivity index (χ4v) is 3.84. The zero-order chi connectivity index (χ0) is 19.7. The lowest BCUT2D eigenvalue weighted by atomic mass is 10.2. The molecule has 3 aromatic rings. The van der Waals surface area contributed by atoms with Gasteiger partial charge in [0.1, 0.15) is 11.4 Å². The molecule has 0 bridgehead atoms. The van der Waals surface area contributed by atoms with Gasteiger partial charge in [0.2, 0.25) is 11.8 Å². The number of hydrogen-bond acceptors (Lipinski definition) is 5. The number of anilines is 2. The van der Waals surface area contributed by atoms with Crippen LogP contribution in [0.4, 0.5) is 11.4 Å². The minimum Gasteiger partial charge on any atom is -0.495 e. The standard InChI is InChI=1S/C21H22ClN3O3/c1-28-19-8-3-2-7-17(19)23-9-11-24(12-10-23)18-14-20(26)25(21(18)27)16-6-4-5-15(22)13-16/h2-8,13-14,26-27H,9-12H2,1H3. The molecule has 0 aliphatic carbocycles. The second-order valence-corrected chi connectivity index (χ2v) is 7.11. The Morgan fingerprint density at radius 3 is 2.21 bits per heavy atom. The molecule has 0 saturated carbocycles. The number of benzene rings is 2. The molecule has 2 N–H and O–H groups in total. The normalized spacial score (nSPS) is 14.4. The summed E-state index contributed by atoms with van der Waals surface area (Å²) in [6.45, 7) is 2.99. The molecule has 1 saturated heterocycles. The highest BCUT2D eigenvalue weighted by atomic mass is 35.5. The number of rotatable bonds is 4. The topological polar surface area (TPSA) is 61.1 Å². The first kappa shape index (κ1) is 18.4. The van der Waals surface area contributed by atoms with Crippen LogP contribution in [0.25, 0.3) is 5.69 Å². The molecule has 0 amide bonds. The summed E-state index contributed by atoms with van der Waals surface area (Å²) < 4.78 is 6.86. The minimum absolute atomic E-state index is 0.00510. The van der Waals surface area contributed by atoms with E-state index in [0.717, 1.165) is 24.5 Å². The Morgan fingerprint density at radius 2 is 1.54 bits per heavy atom. The Hall–Kier alpha value is -2.99. The summed E-state index contributed by atoms with van der Waals surface area (Å²) >= 11 is 6.05. The second kappa shape index (κ2) is 7.56. The molecule has 1 aliphatic rings. The molecule has 28 heavy (non-hydrogen) atoms. The van der Waals surface area contributed by atoms with Crippen LogP contribution < -0.4 is 14.5 Å². The number of halogens is 1. The molecule has 146 valence electrons. The van der Waals surface area contributed by atoms with E-state index in [-0.39, 0.29) is 11.8 Å². The lowest BCUT2D eigenvalue weighted by molar-refractivity contribution is 0.402. The van der Waals surface area contributed by atoms with E-state index < -0.39 is 0 Å². The van der Waals surface area contributed by atoms with E-state index in [1.54, 1.807) is 37.4 Å². The highest BCUT2D eigenvalue weighted by Gasteiger charge is 2.25. The van der Waals surface area contributed by atoms with E-state index >= 15 is 0 Å². The van der Waals surface area contributed by atoms with Crippen molar-refractivity contribution in [3.8, 4) is 23.2 Å². The van der Waals surface area contributed by atoms with Crippen LogP contribution in [0.15, 0.2) is 54.6 Å². The van der Waals surface area contributed by atoms with Crippen molar-refractivity contribution in [3.05, 3.63) is 59.6 Å². The summed E-state index contributed by atoms with van der Waals surface area (Å²) in [4.78, 5) is 4.34. The van der Waals surface area contributed by atoms with Crippen molar-refractivity contribution in [2.45, 2.75) is 0 Å². The van der Waals surface area contributed by atoms with Crippen molar-refractivity contribution in [2.24, 2.45) is 0 Å². The number of methoxy groups -OCH3 is 1. The molecule has 1 aliphatic heterocycles. The van der Waals surface area contributed by atoms with Gasteiger partial charge in [-0.1, -0.05) is 29.8 Å².